The van der Waals surface area contributed by atoms with Gasteiger partial charge in [-0.1, -0.05) is 51.4 Å². The maximum Gasteiger partial charge on any atom is 0.243 e. The predicted octanol–water partition coefficient (Wildman–Crippen LogP) is -1.67. The van der Waals surface area contributed by atoms with E-state index in [-0.39, 0.29) is 24.8 Å². The van der Waals surface area contributed by atoms with Crippen LogP contribution in [0, 0.1) is 0 Å². The number of nitrogens with zero attached hydrogens (tertiary/aromatic N) is 4. The van der Waals surface area contributed by atoms with Crippen molar-refractivity contribution < 1.29 is 33.9 Å². The van der Waals surface area contributed by atoms with E-state index in [0.717, 1.165) is 0 Å². The maximum atomic E-state index is 2.29. The van der Waals surface area contributed by atoms with Crippen molar-refractivity contribution in [2.24, 2.45) is 14.1 Å². The highest BCUT2D eigenvalue weighted by molar-refractivity contribution is 4.66. The first-order valence-corrected chi connectivity index (χ1v) is 10.8. The molecule has 0 aliphatic heterocycles. The van der Waals surface area contributed by atoms with Crippen LogP contribution in [0.15, 0.2) is 37.4 Å². The fourth-order valence-corrected chi connectivity index (χ4v) is 3.62. The minimum absolute atomic E-state index is 0. The third kappa shape index (κ3) is 12.5. The van der Waals surface area contributed by atoms with Gasteiger partial charge in [-0.2, -0.15) is 0 Å². The number of halogens is 2. The summed E-state index contributed by atoms with van der Waals surface area (Å²) in [5, 5.41) is 0. The number of rotatable bonds is 15. The molecule has 0 aromatic carbocycles. The number of aromatic nitrogens is 4. The van der Waals surface area contributed by atoms with Crippen LogP contribution in [0.25, 0.3) is 0 Å². The van der Waals surface area contributed by atoms with Crippen LogP contribution in [0.4, 0.5) is 0 Å². The van der Waals surface area contributed by atoms with Crippen LogP contribution in [0.2, 0.25) is 0 Å². The van der Waals surface area contributed by atoms with Crippen LogP contribution in [0.1, 0.15) is 77.0 Å². The van der Waals surface area contributed by atoms with Gasteiger partial charge in [-0.3, -0.25) is 0 Å². The van der Waals surface area contributed by atoms with E-state index in [9.17, 15) is 0 Å². The summed E-state index contributed by atoms with van der Waals surface area (Å²) in [6.45, 7) is 2.34. The topological polar surface area (TPSA) is 17.6 Å². The van der Waals surface area contributed by atoms with E-state index in [1.807, 2.05) is 0 Å². The number of hydrogen-bond acceptors (Lipinski definition) is 0. The maximum absolute atomic E-state index is 2.29. The molecule has 6 heteroatoms. The van der Waals surface area contributed by atoms with Crippen LogP contribution < -0.4 is 33.9 Å². The summed E-state index contributed by atoms with van der Waals surface area (Å²) < 4.78 is 8.81. The van der Waals surface area contributed by atoms with E-state index in [0.29, 0.717) is 0 Å². The lowest BCUT2D eigenvalue weighted by Crippen LogP contribution is -3.00. The van der Waals surface area contributed by atoms with Gasteiger partial charge < -0.3 is 24.8 Å². The van der Waals surface area contributed by atoms with E-state index in [1.165, 1.54) is 90.1 Å². The minimum Gasteiger partial charge on any atom is -1.00 e. The van der Waals surface area contributed by atoms with Gasteiger partial charge in [0.15, 0.2) is 0 Å². The molecule has 4 nitrogen and oxygen atoms in total. The molecule has 0 N–H and O–H groups in total. The monoisotopic (exact) mass is 430 g/mol. The van der Waals surface area contributed by atoms with Crippen LogP contribution in [0.5, 0.6) is 0 Å². The van der Waals surface area contributed by atoms with E-state index in [1.54, 1.807) is 0 Å². The second kappa shape index (κ2) is 16.9. The summed E-state index contributed by atoms with van der Waals surface area (Å²) in [7, 11) is 4.17. The lowest BCUT2D eigenvalue weighted by molar-refractivity contribution is -0.671. The van der Waals surface area contributed by atoms with Gasteiger partial charge >= 0.3 is 0 Å². The molecule has 0 radical (unpaired) electrons. The van der Waals surface area contributed by atoms with Gasteiger partial charge in [-0.25, -0.2) is 18.3 Å². The third-order valence-corrected chi connectivity index (χ3v) is 5.23. The molecule has 0 spiro atoms. The van der Waals surface area contributed by atoms with Crippen molar-refractivity contribution in [1.82, 2.24) is 9.13 Å². The molecule has 2 aromatic heterocycles. The largest absolute Gasteiger partial charge is 1.00 e. The second-order valence-electron chi connectivity index (χ2n) is 7.88. The Labute approximate surface area is 184 Å². The first kappa shape index (κ1) is 27.0. The van der Waals surface area contributed by atoms with Gasteiger partial charge in [-0.05, 0) is 25.7 Å². The van der Waals surface area contributed by atoms with Crippen LogP contribution >= 0.6 is 0 Å². The van der Waals surface area contributed by atoms with Crippen molar-refractivity contribution in [3.05, 3.63) is 37.4 Å². The molecule has 0 atom stereocenters. The Morgan fingerprint density at radius 2 is 0.786 bits per heavy atom. The van der Waals surface area contributed by atoms with Gasteiger partial charge in [0, 0.05) is 0 Å². The molecule has 162 valence electrons. The highest BCUT2D eigenvalue weighted by atomic mass is 35.5. The lowest BCUT2D eigenvalue weighted by Gasteiger charge is -2.03. The zero-order valence-corrected chi connectivity index (χ0v) is 19.4. The van der Waals surface area contributed by atoms with Crippen molar-refractivity contribution in [1.29, 1.82) is 0 Å². The number of imidazole rings is 2. The van der Waals surface area contributed by atoms with E-state index in [2.05, 4.69) is 69.8 Å². The van der Waals surface area contributed by atoms with Crippen molar-refractivity contribution in [2.75, 3.05) is 0 Å². The molecule has 0 fully saturated rings. The minimum atomic E-state index is 0. The first-order chi connectivity index (χ1) is 12.7. The lowest BCUT2D eigenvalue weighted by atomic mass is 10.1. The average molecular weight is 431 g/mol. The molecule has 0 unspecified atom stereocenters. The normalized spacial score (nSPS) is 10.5. The summed E-state index contributed by atoms with van der Waals surface area (Å²) in [4.78, 5) is 0. The van der Waals surface area contributed by atoms with Gasteiger partial charge in [0.25, 0.3) is 0 Å². The molecule has 0 saturated carbocycles. The highest BCUT2D eigenvalue weighted by Crippen LogP contribution is 2.12. The molecule has 0 bridgehead atoms. The van der Waals surface area contributed by atoms with Crippen molar-refractivity contribution in [3.63, 3.8) is 0 Å². The quantitative estimate of drug-likeness (QED) is 0.237. The van der Waals surface area contributed by atoms with Crippen molar-refractivity contribution >= 4 is 0 Å². The summed E-state index contributed by atoms with van der Waals surface area (Å²) >= 11 is 0. The van der Waals surface area contributed by atoms with E-state index < -0.39 is 0 Å². The molecule has 2 aromatic rings. The highest BCUT2D eigenvalue weighted by Gasteiger charge is 2.00. The molecule has 0 aliphatic rings. The molecule has 0 aliphatic carbocycles. The van der Waals surface area contributed by atoms with Crippen molar-refractivity contribution in [3.8, 4) is 0 Å². The summed E-state index contributed by atoms with van der Waals surface area (Å²) in [6.07, 6.45) is 29.7. The fourth-order valence-electron chi connectivity index (χ4n) is 3.62. The second-order valence-corrected chi connectivity index (χ2v) is 7.88. The van der Waals surface area contributed by atoms with Gasteiger partial charge in [0.1, 0.15) is 24.8 Å². The Bertz CT molecular complexity index is 543. The summed E-state index contributed by atoms with van der Waals surface area (Å²) in [6, 6.07) is 0. The number of aryl methyl sites for hydroxylation is 4. The Morgan fingerprint density at radius 1 is 0.500 bits per heavy atom. The number of hydrogen-bond donors (Lipinski definition) is 0. The smallest absolute Gasteiger partial charge is 0.243 e. The zero-order chi connectivity index (χ0) is 18.5. The fraction of sp³-hybridized carbons (Fsp3) is 0.727. The average Bonchev–Trinajstić information content (AvgIpc) is 3.23. The summed E-state index contributed by atoms with van der Waals surface area (Å²) in [5.74, 6) is 0. The van der Waals surface area contributed by atoms with Crippen LogP contribution in [-0.4, -0.2) is 9.13 Å². The van der Waals surface area contributed by atoms with Crippen molar-refractivity contribution in [2.45, 2.75) is 90.1 Å². The van der Waals surface area contributed by atoms with Crippen LogP contribution in [-0.2, 0) is 27.2 Å². The molecule has 28 heavy (non-hydrogen) atoms. The molecular weight excluding hydrogens is 391 g/mol. The Balaban J connectivity index is 0.00000364. The van der Waals surface area contributed by atoms with Gasteiger partial charge in [0.2, 0.25) is 12.7 Å². The molecular formula is C22H40Cl2N4. The van der Waals surface area contributed by atoms with Gasteiger partial charge in [-0.15, -0.1) is 0 Å². The Hall–Kier alpha value is -1.00. The zero-order valence-electron chi connectivity index (χ0n) is 17.9. The number of unbranched alkanes of at least 4 members (excludes halogenated alkanes) is 11. The summed E-state index contributed by atoms with van der Waals surface area (Å²) in [5.41, 5.74) is 0. The molecule has 0 amide bonds. The SMILES string of the molecule is C[n+]1ccn(CCCCCCCCCCCCCCn2cc[n+](C)c2)c1.[Cl-].[Cl-]. The third-order valence-electron chi connectivity index (χ3n) is 5.23. The first-order valence-electron chi connectivity index (χ1n) is 10.8. The molecule has 2 heterocycles. The predicted molar refractivity (Wildman–Crippen MR) is 107 cm³/mol. The Kier molecular flexibility index (Phi) is 16.3. The van der Waals surface area contributed by atoms with E-state index in [4.69, 9.17) is 0 Å². The molecule has 2 rings (SSSR count). The van der Waals surface area contributed by atoms with E-state index >= 15 is 0 Å². The Morgan fingerprint density at radius 3 is 1.04 bits per heavy atom. The van der Waals surface area contributed by atoms with Crippen LogP contribution in [0.3, 0.4) is 0 Å². The van der Waals surface area contributed by atoms with Gasteiger partial charge in [0.05, 0.1) is 27.2 Å². The molecule has 0 saturated heterocycles. The standard InChI is InChI=1S/C22H40N4.2ClH/c1-23-17-19-25(21-23)15-13-11-9-7-5-3-4-6-8-10-12-14-16-26-20-18-24(2)22-26;;/h17-22H,3-16H2,1-2H3;2*1H/q+2;;/p-2.